The molecule has 0 unspecified atom stereocenters. The molecule has 0 fully saturated rings. The van der Waals surface area contributed by atoms with Crippen LogP contribution in [-0.4, -0.2) is 52.0 Å². The summed E-state index contributed by atoms with van der Waals surface area (Å²) in [6.07, 6.45) is -0.442. The third-order valence-electron chi connectivity index (χ3n) is 4.22. The average molecular weight is 406 g/mol. The summed E-state index contributed by atoms with van der Waals surface area (Å²) in [6.45, 7) is 1.69. The lowest BCUT2D eigenvalue weighted by Gasteiger charge is -2.29. The number of nitrogens with zero attached hydrogens (tertiary/aromatic N) is 1. The van der Waals surface area contributed by atoms with Gasteiger partial charge in [0.2, 0.25) is 15.9 Å². The molecule has 2 aromatic rings. The van der Waals surface area contributed by atoms with Crippen molar-refractivity contribution in [3.8, 4) is 17.2 Å². The Bertz CT molecular complexity index is 976. The van der Waals surface area contributed by atoms with Crippen molar-refractivity contribution < 1.29 is 27.4 Å². The molecule has 2 aromatic carbocycles. The summed E-state index contributed by atoms with van der Waals surface area (Å²) in [5, 5.41) is 2.58. The lowest BCUT2D eigenvalue weighted by Crippen LogP contribution is -2.41. The van der Waals surface area contributed by atoms with Crippen LogP contribution in [0, 0.1) is 0 Å². The highest BCUT2D eigenvalue weighted by molar-refractivity contribution is 7.89. The number of hydrogen-bond donors (Lipinski definition) is 1. The standard InChI is InChI=1S/C19H22N2O6S/c1-13(22)20-16-10-15(8-9-17(16)25-3)28(23,24)21(2)11-14-12-26-18-6-4-5-7-19(18)27-14/h4-10,14H,11-12H2,1-3H3,(H,20,22)/t14-/m1/s1. The van der Waals surface area contributed by atoms with Crippen molar-refractivity contribution in [1.29, 1.82) is 0 Å². The Balaban J connectivity index is 1.78. The highest BCUT2D eigenvalue weighted by atomic mass is 32.2. The van der Waals surface area contributed by atoms with E-state index < -0.39 is 16.1 Å². The number of fused-ring (bicyclic) bond motifs is 1. The molecule has 3 rings (SSSR count). The first kappa shape index (κ1) is 20.0. The van der Waals surface area contributed by atoms with Crippen molar-refractivity contribution in [1.82, 2.24) is 4.31 Å². The number of methoxy groups -OCH3 is 1. The van der Waals surface area contributed by atoms with E-state index in [9.17, 15) is 13.2 Å². The zero-order chi connectivity index (χ0) is 20.3. The summed E-state index contributed by atoms with van der Waals surface area (Å²) in [5.74, 6) is 1.27. The van der Waals surface area contributed by atoms with Crippen LogP contribution in [0.1, 0.15) is 6.92 Å². The molecule has 1 N–H and O–H groups in total. The SMILES string of the molecule is COc1ccc(S(=O)(=O)N(C)C[C@@H]2COc3ccccc3O2)cc1NC(C)=O. The van der Waals surface area contributed by atoms with Crippen LogP contribution in [-0.2, 0) is 14.8 Å². The van der Waals surface area contributed by atoms with E-state index in [-0.39, 0.29) is 29.6 Å². The molecule has 1 amide bonds. The number of anilines is 1. The Morgan fingerprint density at radius 1 is 1.25 bits per heavy atom. The van der Waals surface area contributed by atoms with E-state index in [1.807, 2.05) is 12.1 Å². The van der Waals surface area contributed by atoms with Crippen LogP contribution >= 0.6 is 0 Å². The second kappa shape index (κ2) is 8.07. The minimum Gasteiger partial charge on any atom is -0.495 e. The average Bonchev–Trinajstić information content (AvgIpc) is 2.67. The molecular formula is C19H22N2O6S. The maximum absolute atomic E-state index is 13.0. The summed E-state index contributed by atoms with van der Waals surface area (Å²) >= 11 is 0. The van der Waals surface area contributed by atoms with Gasteiger partial charge in [-0.1, -0.05) is 12.1 Å². The molecule has 0 aliphatic carbocycles. The van der Waals surface area contributed by atoms with Gasteiger partial charge in [-0.15, -0.1) is 0 Å². The van der Waals surface area contributed by atoms with E-state index in [0.717, 1.165) is 0 Å². The molecular weight excluding hydrogens is 384 g/mol. The number of benzene rings is 2. The number of para-hydroxylation sites is 2. The maximum Gasteiger partial charge on any atom is 0.243 e. The number of nitrogens with one attached hydrogen (secondary N) is 1. The van der Waals surface area contributed by atoms with Crippen molar-refractivity contribution in [3.63, 3.8) is 0 Å². The first-order valence-electron chi connectivity index (χ1n) is 8.61. The largest absolute Gasteiger partial charge is 0.495 e. The van der Waals surface area contributed by atoms with E-state index in [0.29, 0.717) is 17.2 Å². The third-order valence-corrected chi connectivity index (χ3v) is 6.04. The van der Waals surface area contributed by atoms with Crippen LogP contribution in [0.4, 0.5) is 5.69 Å². The monoisotopic (exact) mass is 406 g/mol. The molecule has 150 valence electrons. The molecule has 9 heteroatoms. The maximum atomic E-state index is 13.0. The Morgan fingerprint density at radius 3 is 2.64 bits per heavy atom. The number of carbonyl (C=O) groups is 1. The lowest BCUT2D eigenvalue weighted by molar-refractivity contribution is -0.114. The van der Waals surface area contributed by atoms with E-state index in [4.69, 9.17) is 14.2 Å². The van der Waals surface area contributed by atoms with Gasteiger partial charge >= 0.3 is 0 Å². The number of amides is 1. The smallest absolute Gasteiger partial charge is 0.243 e. The van der Waals surface area contributed by atoms with Gasteiger partial charge in [-0.3, -0.25) is 4.79 Å². The van der Waals surface area contributed by atoms with E-state index >= 15 is 0 Å². The Hall–Kier alpha value is -2.78. The van der Waals surface area contributed by atoms with Gasteiger partial charge in [-0.05, 0) is 30.3 Å². The number of likely N-dealkylation sites (N-methyl/N-ethyl adjacent to an activating group) is 1. The van der Waals surface area contributed by atoms with Crippen LogP contribution < -0.4 is 19.5 Å². The summed E-state index contributed by atoms with van der Waals surface area (Å²) in [5.41, 5.74) is 0.288. The van der Waals surface area contributed by atoms with Gasteiger partial charge in [-0.2, -0.15) is 4.31 Å². The molecule has 0 saturated carbocycles. The van der Waals surface area contributed by atoms with Crippen LogP contribution in [0.25, 0.3) is 0 Å². The molecule has 1 aliphatic rings. The number of rotatable bonds is 6. The van der Waals surface area contributed by atoms with Crippen molar-refractivity contribution in [2.24, 2.45) is 0 Å². The number of sulfonamides is 1. The van der Waals surface area contributed by atoms with Crippen LogP contribution in [0.15, 0.2) is 47.4 Å². The molecule has 28 heavy (non-hydrogen) atoms. The zero-order valence-corrected chi connectivity index (χ0v) is 16.7. The predicted molar refractivity (Wildman–Crippen MR) is 103 cm³/mol. The number of carbonyl (C=O) groups excluding carboxylic acids is 1. The molecule has 1 aliphatic heterocycles. The summed E-state index contributed by atoms with van der Waals surface area (Å²) in [4.78, 5) is 11.4. The molecule has 8 nitrogen and oxygen atoms in total. The second-order valence-electron chi connectivity index (χ2n) is 6.33. The highest BCUT2D eigenvalue weighted by Crippen LogP contribution is 2.32. The van der Waals surface area contributed by atoms with Gasteiger partial charge in [0.15, 0.2) is 11.5 Å². The van der Waals surface area contributed by atoms with Gasteiger partial charge in [-0.25, -0.2) is 8.42 Å². The topological polar surface area (TPSA) is 94.2 Å². The molecule has 0 radical (unpaired) electrons. The van der Waals surface area contributed by atoms with E-state index in [1.165, 1.54) is 43.6 Å². The van der Waals surface area contributed by atoms with Crippen LogP contribution in [0.2, 0.25) is 0 Å². The third kappa shape index (κ3) is 4.20. The predicted octanol–water partition coefficient (Wildman–Crippen LogP) is 2.11. The molecule has 0 aromatic heterocycles. The van der Waals surface area contributed by atoms with Gasteiger partial charge in [0.25, 0.3) is 0 Å². The minimum atomic E-state index is -3.81. The summed E-state index contributed by atoms with van der Waals surface area (Å²) in [6, 6.07) is 11.6. The van der Waals surface area contributed by atoms with Crippen LogP contribution in [0.5, 0.6) is 17.2 Å². The van der Waals surface area contributed by atoms with Crippen molar-refractivity contribution >= 4 is 21.6 Å². The van der Waals surface area contributed by atoms with Gasteiger partial charge in [0.1, 0.15) is 18.5 Å². The Labute approximate surface area is 164 Å². The van der Waals surface area contributed by atoms with Crippen molar-refractivity contribution in [2.45, 2.75) is 17.9 Å². The second-order valence-corrected chi connectivity index (χ2v) is 8.37. The lowest BCUT2D eigenvalue weighted by atomic mass is 10.2. The fourth-order valence-electron chi connectivity index (χ4n) is 2.85. The first-order chi connectivity index (χ1) is 13.3. The zero-order valence-electron chi connectivity index (χ0n) is 15.8. The Kier molecular flexibility index (Phi) is 5.76. The van der Waals surface area contributed by atoms with Gasteiger partial charge in [0, 0.05) is 14.0 Å². The molecule has 0 bridgehead atoms. The molecule has 0 spiro atoms. The van der Waals surface area contributed by atoms with E-state index in [1.54, 1.807) is 12.1 Å². The summed E-state index contributed by atoms with van der Waals surface area (Å²) < 4.78 is 43.8. The van der Waals surface area contributed by atoms with Crippen molar-refractivity contribution in [3.05, 3.63) is 42.5 Å². The minimum absolute atomic E-state index is 0.0386. The van der Waals surface area contributed by atoms with E-state index in [2.05, 4.69) is 5.32 Å². The fraction of sp³-hybridized carbons (Fsp3) is 0.316. The number of ether oxygens (including phenoxy) is 3. The van der Waals surface area contributed by atoms with Gasteiger partial charge < -0.3 is 19.5 Å². The number of hydrogen-bond acceptors (Lipinski definition) is 6. The fourth-order valence-corrected chi connectivity index (χ4v) is 4.08. The van der Waals surface area contributed by atoms with Gasteiger partial charge in [0.05, 0.1) is 24.2 Å². The Morgan fingerprint density at radius 2 is 1.96 bits per heavy atom. The molecule has 1 heterocycles. The first-order valence-corrected chi connectivity index (χ1v) is 10.1. The van der Waals surface area contributed by atoms with Crippen LogP contribution in [0.3, 0.4) is 0 Å². The highest BCUT2D eigenvalue weighted by Gasteiger charge is 2.28. The molecule has 1 atom stereocenters. The quantitative estimate of drug-likeness (QED) is 0.790. The summed E-state index contributed by atoms with van der Waals surface area (Å²) in [7, 11) is -0.891. The molecule has 0 saturated heterocycles. The normalized spacial score (nSPS) is 15.9. The van der Waals surface area contributed by atoms with Crippen molar-refractivity contribution in [2.75, 3.05) is 32.6 Å².